The largest absolute Gasteiger partial charge is 0.480 e. The summed E-state index contributed by atoms with van der Waals surface area (Å²) in [7, 11) is 0. The van der Waals surface area contributed by atoms with Crippen LogP contribution in [0.15, 0.2) is 0 Å². The van der Waals surface area contributed by atoms with Gasteiger partial charge < -0.3 is 20.6 Å². The number of carbonyl (C=O) groups is 3. The highest BCUT2D eigenvalue weighted by Gasteiger charge is 2.26. The number of carbonyl (C=O) groups excluding carboxylic acids is 2. The van der Waals surface area contributed by atoms with Crippen LogP contribution in [0.5, 0.6) is 0 Å². The van der Waals surface area contributed by atoms with Crippen LogP contribution in [0.3, 0.4) is 0 Å². The van der Waals surface area contributed by atoms with Crippen molar-refractivity contribution in [3.63, 3.8) is 0 Å². The molecule has 1 fully saturated rings. The Morgan fingerprint density at radius 1 is 1.24 bits per heavy atom. The maximum absolute atomic E-state index is 12.0. The van der Waals surface area contributed by atoms with Crippen molar-refractivity contribution in [1.29, 1.82) is 0 Å². The number of urea groups is 1. The molecule has 0 aliphatic carbocycles. The molecule has 1 aliphatic heterocycles. The normalized spacial score (nSPS) is 17.1. The molecule has 0 saturated carbocycles. The summed E-state index contributed by atoms with van der Waals surface area (Å²) in [6.07, 6.45) is 4.19. The third kappa shape index (κ3) is 5.82. The van der Waals surface area contributed by atoms with E-state index in [1.165, 1.54) is 11.8 Å². The van der Waals surface area contributed by atoms with Crippen LogP contribution in [-0.4, -0.2) is 65.1 Å². The summed E-state index contributed by atoms with van der Waals surface area (Å²) >= 11 is 1.51. The van der Waals surface area contributed by atoms with Gasteiger partial charge in [0.15, 0.2) is 0 Å². The fourth-order valence-corrected chi connectivity index (χ4v) is 2.63. The van der Waals surface area contributed by atoms with Gasteiger partial charge >= 0.3 is 12.0 Å². The summed E-state index contributed by atoms with van der Waals surface area (Å²) in [5, 5.41) is 13.9. The van der Waals surface area contributed by atoms with Gasteiger partial charge in [0.1, 0.15) is 12.1 Å². The zero-order chi connectivity index (χ0) is 15.8. The van der Waals surface area contributed by atoms with E-state index in [0.29, 0.717) is 12.2 Å². The van der Waals surface area contributed by atoms with E-state index in [-0.39, 0.29) is 5.91 Å². The predicted molar refractivity (Wildman–Crippen MR) is 81.4 cm³/mol. The standard InChI is InChI=1S/C13H23N3O4S/c1-9(11(17)16-6-3-4-7-16)14-13(20)15-10(12(18)19)5-8-21-2/h9-10H,3-8H2,1-2H3,(H,18,19)(H2,14,15,20). The van der Waals surface area contributed by atoms with Crippen molar-refractivity contribution in [1.82, 2.24) is 15.5 Å². The number of hydrogen-bond acceptors (Lipinski definition) is 4. The lowest BCUT2D eigenvalue weighted by Gasteiger charge is -2.22. The molecule has 0 radical (unpaired) electrons. The first-order chi connectivity index (χ1) is 9.95. The minimum absolute atomic E-state index is 0.126. The fourth-order valence-electron chi connectivity index (χ4n) is 2.16. The second-order valence-corrected chi connectivity index (χ2v) is 6.03. The number of likely N-dealkylation sites (tertiary alicyclic amines) is 1. The van der Waals surface area contributed by atoms with Crippen LogP contribution in [0.4, 0.5) is 4.79 Å². The fraction of sp³-hybridized carbons (Fsp3) is 0.769. The lowest BCUT2D eigenvalue weighted by molar-refractivity contribution is -0.139. The van der Waals surface area contributed by atoms with Gasteiger partial charge in [0.2, 0.25) is 5.91 Å². The molecule has 21 heavy (non-hydrogen) atoms. The van der Waals surface area contributed by atoms with E-state index in [9.17, 15) is 14.4 Å². The molecule has 3 amide bonds. The number of hydrogen-bond donors (Lipinski definition) is 3. The number of nitrogens with zero attached hydrogens (tertiary/aromatic N) is 1. The van der Waals surface area contributed by atoms with Gasteiger partial charge in [0.25, 0.3) is 0 Å². The van der Waals surface area contributed by atoms with Gasteiger partial charge in [-0.15, -0.1) is 0 Å². The first-order valence-electron chi connectivity index (χ1n) is 7.03. The van der Waals surface area contributed by atoms with Crippen molar-refractivity contribution >= 4 is 29.7 Å². The van der Waals surface area contributed by atoms with E-state index in [0.717, 1.165) is 25.9 Å². The highest BCUT2D eigenvalue weighted by Crippen LogP contribution is 2.09. The minimum Gasteiger partial charge on any atom is -0.480 e. The van der Waals surface area contributed by atoms with E-state index in [1.807, 2.05) is 6.26 Å². The smallest absolute Gasteiger partial charge is 0.326 e. The van der Waals surface area contributed by atoms with Crippen molar-refractivity contribution in [3.05, 3.63) is 0 Å². The molecule has 2 atom stereocenters. The number of aliphatic carboxylic acids is 1. The predicted octanol–water partition coefficient (Wildman–Crippen LogP) is 0.503. The van der Waals surface area contributed by atoms with Gasteiger partial charge in [-0.25, -0.2) is 9.59 Å². The quantitative estimate of drug-likeness (QED) is 0.635. The number of carboxylic acid groups (broad SMARTS) is 1. The van der Waals surface area contributed by atoms with E-state index in [2.05, 4.69) is 10.6 Å². The highest BCUT2D eigenvalue weighted by atomic mass is 32.2. The SMILES string of the molecule is CSCCC(NC(=O)NC(C)C(=O)N1CCCC1)C(=O)O. The van der Waals surface area contributed by atoms with Gasteiger partial charge in [-0.1, -0.05) is 0 Å². The zero-order valence-corrected chi connectivity index (χ0v) is 13.2. The molecule has 1 aliphatic rings. The maximum atomic E-state index is 12.0. The van der Waals surface area contributed by atoms with E-state index >= 15 is 0 Å². The Bertz CT molecular complexity index is 386. The number of rotatable bonds is 7. The monoisotopic (exact) mass is 317 g/mol. The molecule has 120 valence electrons. The minimum atomic E-state index is -1.07. The Kier molecular flexibility index (Phi) is 7.35. The van der Waals surface area contributed by atoms with Gasteiger partial charge in [-0.05, 0) is 38.2 Å². The van der Waals surface area contributed by atoms with Crippen LogP contribution in [0.1, 0.15) is 26.2 Å². The zero-order valence-electron chi connectivity index (χ0n) is 12.4. The molecule has 1 heterocycles. The number of amides is 3. The van der Waals surface area contributed by atoms with Gasteiger partial charge in [0, 0.05) is 13.1 Å². The Morgan fingerprint density at radius 3 is 2.38 bits per heavy atom. The summed E-state index contributed by atoms with van der Waals surface area (Å²) in [6.45, 7) is 3.05. The lowest BCUT2D eigenvalue weighted by atomic mass is 10.2. The van der Waals surface area contributed by atoms with Crippen LogP contribution in [0.2, 0.25) is 0 Å². The maximum Gasteiger partial charge on any atom is 0.326 e. The molecule has 0 spiro atoms. The van der Waals surface area contributed by atoms with E-state index < -0.39 is 24.1 Å². The Balaban J connectivity index is 2.43. The topological polar surface area (TPSA) is 98.7 Å². The summed E-state index contributed by atoms with van der Waals surface area (Å²) in [4.78, 5) is 36.6. The molecule has 1 saturated heterocycles. The third-order valence-electron chi connectivity index (χ3n) is 3.35. The lowest BCUT2D eigenvalue weighted by Crippen LogP contribution is -2.52. The van der Waals surface area contributed by atoms with Crippen LogP contribution in [-0.2, 0) is 9.59 Å². The molecule has 0 bridgehead atoms. The average molecular weight is 317 g/mol. The first-order valence-corrected chi connectivity index (χ1v) is 8.42. The number of carboxylic acids is 1. The average Bonchev–Trinajstić information content (AvgIpc) is 2.96. The summed E-state index contributed by atoms with van der Waals surface area (Å²) < 4.78 is 0. The summed E-state index contributed by atoms with van der Waals surface area (Å²) in [5.74, 6) is -0.559. The second-order valence-electron chi connectivity index (χ2n) is 5.04. The molecule has 8 heteroatoms. The van der Waals surface area contributed by atoms with Crippen molar-refractivity contribution in [2.75, 3.05) is 25.1 Å². The van der Waals surface area contributed by atoms with E-state index in [4.69, 9.17) is 5.11 Å². The van der Waals surface area contributed by atoms with Gasteiger partial charge in [-0.3, -0.25) is 4.79 Å². The molecule has 0 aromatic carbocycles. The molecular formula is C13H23N3O4S. The van der Waals surface area contributed by atoms with E-state index in [1.54, 1.807) is 11.8 Å². The molecule has 2 unspecified atom stereocenters. The Morgan fingerprint density at radius 2 is 1.86 bits per heavy atom. The third-order valence-corrected chi connectivity index (χ3v) is 3.99. The molecule has 0 aromatic heterocycles. The van der Waals surface area contributed by atoms with Crippen molar-refractivity contribution in [2.24, 2.45) is 0 Å². The molecule has 0 aromatic rings. The van der Waals surface area contributed by atoms with Crippen molar-refractivity contribution in [2.45, 2.75) is 38.3 Å². The molecular weight excluding hydrogens is 294 g/mol. The number of nitrogens with one attached hydrogen (secondary N) is 2. The van der Waals surface area contributed by atoms with Crippen molar-refractivity contribution < 1.29 is 19.5 Å². The number of thioether (sulfide) groups is 1. The Labute approximate surface area is 128 Å². The highest BCUT2D eigenvalue weighted by molar-refractivity contribution is 7.98. The first kappa shape index (κ1) is 17.6. The second kappa shape index (κ2) is 8.76. The molecule has 7 nitrogen and oxygen atoms in total. The Hall–Kier alpha value is -1.44. The molecule has 1 rings (SSSR count). The van der Waals surface area contributed by atoms with Crippen molar-refractivity contribution in [3.8, 4) is 0 Å². The van der Waals surface area contributed by atoms with Crippen LogP contribution in [0.25, 0.3) is 0 Å². The molecule has 3 N–H and O–H groups in total. The van der Waals surface area contributed by atoms with Crippen LogP contribution in [0, 0.1) is 0 Å². The van der Waals surface area contributed by atoms with Gasteiger partial charge in [-0.2, -0.15) is 11.8 Å². The summed E-state index contributed by atoms with van der Waals surface area (Å²) in [6, 6.07) is -2.21. The van der Waals surface area contributed by atoms with Crippen LogP contribution >= 0.6 is 11.8 Å². The van der Waals surface area contributed by atoms with Gasteiger partial charge in [0.05, 0.1) is 0 Å². The van der Waals surface area contributed by atoms with Crippen LogP contribution < -0.4 is 10.6 Å². The summed E-state index contributed by atoms with van der Waals surface area (Å²) in [5.41, 5.74) is 0.